The van der Waals surface area contributed by atoms with Crippen LogP contribution in [-0.4, -0.2) is 44.4 Å². The van der Waals surface area contributed by atoms with Crippen molar-refractivity contribution < 1.29 is 15.0 Å². The first-order chi connectivity index (χ1) is 13.8. The quantitative estimate of drug-likeness (QED) is 0.575. The van der Waals surface area contributed by atoms with E-state index in [9.17, 15) is 15.0 Å². The first-order valence-electron chi connectivity index (χ1n) is 9.09. The Bertz CT molecular complexity index is 1130. The van der Waals surface area contributed by atoms with E-state index >= 15 is 0 Å². The fourth-order valence-corrected chi connectivity index (χ4v) is 4.22. The highest BCUT2D eigenvalue weighted by Crippen LogP contribution is 2.45. The first kappa shape index (κ1) is 19.8. The van der Waals surface area contributed by atoms with Crippen LogP contribution < -0.4 is 0 Å². The molecule has 0 aliphatic carbocycles. The van der Waals surface area contributed by atoms with Crippen molar-refractivity contribution in [3.05, 3.63) is 68.3 Å². The lowest BCUT2D eigenvalue weighted by Crippen LogP contribution is -2.32. The number of hydrogen-bond acceptors (Lipinski definition) is 4. The van der Waals surface area contributed by atoms with Gasteiger partial charge in [-0.25, -0.2) is 0 Å². The molecule has 1 atom stereocenters. The van der Waals surface area contributed by atoms with E-state index in [0.717, 1.165) is 16.7 Å². The predicted molar refractivity (Wildman–Crippen MR) is 112 cm³/mol. The number of aryl methyl sites for hydroxylation is 2. The summed E-state index contributed by atoms with van der Waals surface area (Å²) < 4.78 is 0. The number of nitrogens with one attached hydrogen (secondary N) is 1. The molecular formula is C21H19Cl2N3O3. The van der Waals surface area contributed by atoms with Crippen molar-refractivity contribution in [2.45, 2.75) is 19.9 Å². The largest absolute Gasteiger partial charge is 0.507 e. The van der Waals surface area contributed by atoms with E-state index in [2.05, 4.69) is 10.2 Å². The summed E-state index contributed by atoms with van der Waals surface area (Å²) in [4.78, 5) is 14.6. The van der Waals surface area contributed by atoms with Crippen LogP contribution in [0.5, 0.6) is 5.75 Å². The Labute approximate surface area is 177 Å². The van der Waals surface area contributed by atoms with Gasteiger partial charge in [-0.3, -0.25) is 9.89 Å². The van der Waals surface area contributed by atoms with E-state index in [1.165, 1.54) is 0 Å². The molecule has 0 unspecified atom stereocenters. The average molecular weight is 432 g/mol. The molecule has 0 radical (unpaired) electrons. The van der Waals surface area contributed by atoms with Gasteiger partial charge in [-0.1, -0.05) is 35.3 Å². The maximum absolute atomic E-state index is 13.0. The monoisotopic (exact) mass is 431 g/mol. The molecule has 2 heterocycles. The molecule has 29 heavy (non-hydrogen) atoms. The third-order valence-electron chi connectivity index (χ3n) is 5.16. The van der Waals surface area contributed by atoms with Crippen LogP contribution in [0.3, 0.4) is 0 Å². The number of aromatic amines is 1. The predicted octanol–water partition coefficient (Wildman–Crippen LogP) is 4.24. The number of aromatic nitrogens is 2. The third kappa shape index (κ3) is 3.17. The second-order valence-corrected chi connectivity index (χ2v) is 7.95. The zero-order chi connectivity index (χ0) is 20.9. The Morgan fingerprint density at radius 1 is 1.17 bits per heavy atom. The number of fused-ring (bicyclic) bond motifs is 1. The van der Waals surface area contributed by atoms with Gasteiger partial charge < -0.3 is 15.1 Å². The Morgan fingerprint density at radius 2 is 1.93 bits per heavy atom. The molecule has 0 saturated heterocycles. The number of carbonyl (C=O) groups excluding carboxylic acids is 1. The number of nitrogens with zero attached hydrogens (tertiary/aromatic N) is 2. The van der Waals surface area contributed by atoms with E-state index in [-0.39, 0.29) is 24.8 Å². The summed E-state index contributed by atoms with van der Waals surface area (Å²) in [5.74, 6) is -0.154. The molecule has 3 N–H and O–H groups in total. The van der Waals surface area contributed by atoms with Gasteiger partial charge in [-0.05, 0) is 48.7 Å². The molecular weight excluding hydrogens is 413 g/mol. The molecule has 150 valence electrons. The molecule has 4 rings (SSSR count). The summed E-state index contributed by atoms with van der Waals surface area (Å²) in [6.07, 6.45) is 0. The number of H-pyrrole nitrogens is 1. The number of halogens is 2. The van der Waals surface area contributed by atoms with Gasteiger partial charge in [0.2, 0.25) is 0 Å². The summed E-state index contributed by atoms with van der Waals surface area (Å²) >= 11 is 12.3. The zero-order valence-electron chi connectivity index (χ0n) is 15.8. The van der Waals surface area contributed by atoms with Crippen LogP contribution in [0.1, 0.15) is 38.8 Å². The molecule has 1 amide bonds. The minimum atomic E-state index is -0.520. The lowest BCUT2D eigenvalue weighted by Gasteiger charge is -2.26. The van der Waals surface area contributed by atoms with E-state index in [4.69, 9.17) is 23.2 Å². The van der Waals surface area contributed by atoms with Gasteiger partial charge in [0, 0.05) is 17.7 Å². The van der Waals surface area contributed by atoms with E-state index in [1.54, 1.807) is 23.1 Å². The molecule has 6 nitrogen and oxygen atoms in total. The molecule has 2 aromatic carbocycles. The molecule has 3 aromatic rings. The molecule has 0 fully saturated rings. The van der Waals surface area contributed by atoms with Crippen molar-refractivity contribution in [2.24, 2.45) is 0 Å². The van der Waals surface area contributed by atoms with Crippen molar-refractivity contribution in [1.82, 2.24) is 15.1 Å². The van der Waals surface area contributed by atoms with Crippen molar-refractivity contribution in [3.63, 3.8) is 0 Å². The smallest absolute Gasteiger partial charge is 0.273 e. The summed E-state index contributed by atoms with van der Waals surface area (Å²) in [5.41, 5.74) is 4.45. The molecule has 0 bridgehead atoms. The van der Waals surface area contributed by atoms with Gasteiger partial charge in [-0.2, -0.15) is 5.10 Å². The van der Waals surface area contributed by atoms with Crippen LogP contribution in [0, 0.1) is 13.8 Å². The van der Waals surface area contributed by atoms with Crippen LogP contribution in [0.25, 0.3) is 11.3 Å². The van der Waals surface area contributed by atoms with E-state index in [1.807, 2.05) is 26.0 Å². The highest BCUT2D eigenvalue weighted by Gasteiger charge is 2.42. The lowest BCUT2D eigenvalue weighted by atomic mass is 9.94. The highest BCUT2D eigenvalue weighted by atomic mass is 35.5. The number of hydrogen-bond donors (Lipinski definition) is 3. The van der Waals surface area contributed by atoms with Crippen LogP contribution in [0.15, 0.2) is 30.3 Å². The number of benzene rings is 2. The number of phenolic OH excluding ortho intramolecular Hbond substituents is 1. The SMILES string of the molecule is Cc1cc(C)c(O)c(-c2n[nH]c3c2[C@@H](c2ccc(Cl)c(Cl)c2)N(CCO)C3=O)c1. The van der Waals surface area contributed by atoms with Crippen LogP contribution >= 0.6 is 23.2 Å². The molecule has 0 spiro atoms. The summed E-state index contributed by atoms with van der Waals surface area (Å²) in [6.45, 7) is 3.71. The minimum absolute atomic E-state index is 0.117. The van der Waals surface area contributed by atoms with Gasteiger partial charge in [0.15, 0.2) is 0 Å². The molecule has 1 aromatic heterocycles. The van der Waals surface area contributed by atoms with E-state index in [0.29, 0.717) is 32.6 Å². The summed E-state index contributed by atoms with van der Waals surface area (Å²) in [6, 6.07) is 8.37. The Kier molecular flexibility index (Phi) is 5.02. The third-order valence-corrected chi connectivity index (χ3v) is 5.90. The summed E-state index contributed by atoms with van der Waals surface area (Å²) in [7, 11) is 0. The molecule has 8 heteroatoms. The second kappa shape index (κ2) is 7.37. The van der Waals surface area contributed by atoms with Gasteiger partial charge >= 0.3 is 0 Å². The maximum atomic E-state index is 13.0. The highest BCUT2D eigenvalue weighted by molar-refractivity contribution is 6.42. The first-order valence-corrected chi connectivity index (χ1v) is 9.84. The van der Waals surface area contributed by atoms with Crippen LogP contribution in [0.2, 0.25) is 10.0 Å². The maximum Gasteiger partial charge on any atom is 0.273 e. The number of β-amino-alcohol motifs (C(OH)–C–C–N with tert-alkyl or cyclic N) is 1. The van der Waals surface area contributed by atoms with Gasteiger partial charge in [0.25, 0.3) is 5.91 Å². The Hall–Kier alpha value is -2.54. The van der Waals surface area contributed by atoms with Crippen LogP contribution in [0.4, 0.5) is 0 Å². The number of rotatable bonds is 4. The number of aliphatic hydroxyl groups excluding tert-OH is 1. The molecule has 1 aliphatic heterocycles. The second-order valence-electron chi connectivity index (χ2n) is 7.14. The standard InChI is InChI=1S/C21H19Cl2N3O3/c1-10-7-11(2)20(28)13(8-10)17-16-18(25-24-17)21(29)26(5-6-27)19(16)12-3-4-14(22)15(23)9-12/h3-4,7-9,19,27-28H,5-6H2,1-2H3,(H,24,25)/t19-/m1/s1. The molecule has 1 aliphatic rings. The fraction of sp³-hybridized carbons (Fsp3) is 0.238. The van der Waals surface area contributed by atoms with Gasteiger partial charge in [0.1, 0.15) is 17.1 Å². The number of carbonyl (C=O) groups is 1. The molecule has 0 saturated carbocycles. The summed E-state index contributed by atoms with van der Waals surface area (Å²) in [5, 5.41) is 28.1. The topological polar surface area (TPSA) is 89.5 Å². The number of phenols is 1. The van der Waals surface area contributed by atoms with Gasteiger partial charge in [0.05, 0.1) is 22.7 Å². The number of aliphatic hydroxyl groups is 1. The average Bonchev–Trinajstić information content (AvgIpc) is 3.21. The fourth-order valence-electron chi connectivity index (χ4n) is 3.91. The van der Waals surface area contributed by atoms with E-state index < -0.39 is 6.04 Å². The number of amides is 1. The van der Waals surface area contributed by atoms with Crippen molar-refractivity contribution in [2.75, 3.05) is 13.2 Å². The zero-order valence-corrected chi connectivity index (χ0v) is 17.3. The van der Waals surface area contributed by atoms with Gasteiger partial charge in [-0.15, -0.1) is 0 Å². The Balaban J connectivity index is 1.95. The van der Waals surface area contributed by atoms with Crippen LogP contribution in [-0.2, 0) is 0 Å². The lowest BCUT2D eigenvalue weighted by molar-refractivity contribution is 0.0706. The van der Waals surface area contributed by atoms with Crippen molar-refractivity contribution in [3.8, 4) is 17.0 Å². The Morgan fingerprint density at radius 3 is 2.62 bits per heavy atom. The number of aromatic hydroxyl groups is 1. The minimum Gasteiger partial charge on any atom is -0.507 e. The van der Waals surface area contributed by atoms with Crippen molar-refractivity contribution >= 4 is 29.1 Å². The normalized spacial score (nSPS) is 15.8. The van der Waals surface area contributed by atoms with Crippen molar-refractivity contribution in [1.29, 1.82) is 0 Å².